The maximum Gasteiger partial charge on any atom is 0.270 e. The topological polar surface area (TPSA) is 71.1 Å². The van der Waals surface area contributed by atoms with E-state index in [1.54, 1.807) is 29.6 Å². The van der Waals surface area contributed by atoms with Crippen molar-refractivity contribution in [2.75, 3.05) is 11.9 Å². The molecule has 0 radical (unpaired) electrons. The molecular weight excluding hydrogens is 322 g/mol. The second-order valence-electron chi connectivity index (χ2n) is 5.16. The highest BCUT2D eigenvalue weighted by Crippen LogP contribution is 2.27. The van der Waals surface area contributed by atoms with E-state index in [9.17, 15) is 9.59 Å². The Morgan fingerprint density at radius 3 is 2.86 bits per heavy atom. The first kappa shape index (κ1) is 15.0. The SMILES string of the molecule is O=C(Nc1nc(C(=O)NCC2CC2)cs1)c1cccc(Cl)c1. The molecule has 1 aromatic carbocycles. The number of amides is 2. The molecule has 7 heteroatoms. The van der Waals surface area contributed by atoms with Gasteiger partial charge in [0.2, 0.25) is 0 Å². The van der Waals surface area contributed by atoms with Gasteiger partial charge >= 0.3 is 0 Å². The number of carbonyl (C=O) groups excluding carboxylic acids is 2. The lowest BCUT2D eigenvalue weighted by atomic mass is 10.2. The number of anilines is 1. The monoisotopic (exact) mass is 335 g/mol. The van der Waals surface area contributed by atoms with Crippen LogP contribution in [-0.2, 0) is 0 Å². The molecule has 0 saturated heterocycles. The van der Waals surface area contributed by atoms with Crippen LogP contribution in [0.25, 0.3) is 0 Å². The molecule has 1 heterocycles. The van der Waals surface area contributed by atoms with Crippen LogP contribution in [-0.4, -0.2) is 23.3 Å². The zero-order chi connectivity index (χ0) is 15.5. The number of benzene rings is 1. The molecule has 1 fully saturated rings. The van der Waals surface area contributed by atoms with Gasteiger partial charge in [-0.2, -0.15) is 0 Å². The van der Waals surface area contributed by atoms with Gasteiger partial charge < -0.3 is 5.32 Å². The van der Waals surface area contributed by atoms with Crippen molar-refractivity contribution in [3.05, 3.63) is 45.9 Å². The van der Waals surface area contributed by atoms with Crippen molar-refractivity contribution in [1.82, 2.24) is 10.3 Å². The van der Waals surface area contributed by atoms with E-state index >= 15 is 0 Å². The normalized spacial score (nSPS) is 13.7. The van der Waals surface area contributed by atoms with Gasteiger partial charge in [0.15, 0.2) is 5.13 Å². The molecule has 2 N–H and O–H groups in total. The molecule has 1 aromatic heterocycles. The molecule has 2 aromatic rings. The predicted octanol–water partition coefficient (Wildman–Crippen LogP) is 3.19. The summed E-state index contributed by atoms with van der Waals surface area (Å²) >= 11 is 7.08. The smallest absolute Gasteiger partial charge is 0.270 e. The molecule has 3 rings (SSSR count). The summed E-state index contributed by atoms with van der Waals surface area (Å²) in [5.41, 5.74) is 0.773. The third-order valence-electron chi connectivity index (χ3n) is 3.29. The van der Waals surface area contributed by atoms with Crippen molar-refractivity contribution in [2.24, 2.45) is 5.92 Å². The molecule has 1 aliphatic rings. The van der Waals surface area contributed by atoms with E-state index in [1.807, 2.05) is 0 Å². The third kappa shape index (κ3) is 3.84. The van der Waals surface area contributed by atoms with Gasteiger partial charge in [-0.25, -0.2) is 4.98 Å². The number of aromatic nitrogens is 1. The van der Waals surface area contributed by atoms with Crippen LogP contribution >= 0.6 is 22.9 Å². The Bertz CT molecular complexity index is 712. The largest absolute Gasteiger partial charge is 0.350 e. The minimum atomic E-state index is -0.304. The summed E-state index contributed by atoms with van der Waals surface area (Å²) in [7, 11) is 0. The number of thiazole rings is 1. The number of halogens is 1. The highest BCUT2D eigenvalue weighted by Gasteiger charge is 2.22. The van der Waals surface area contributed by atoms with Crippen molar-refractivity contribution in [2.45, 2.75) is 12.8 Å². The Balaban J connectivity index is 1.60. The lowest BCUT2D eigenvalue weighted by molar-refractivity contribution is 0.0946. The summed E-state index contributed by atoms with van der Waals surface area (Å²) in [6, 6.07) is 6.64. The third-order valence-corrected chi connectivity index (χ3v) is 4.29. The number of carbonyl (C=O) groups is 2. The van der Waals surface area contributed by atoms with Crippen molar-refractivity contribution < 1.29 is 9.59 Å². The van der Waals surface area contributed by atoms with Gasteiger partial charge in [0, 0.05) is 22.5 Å². The molecule has 22 heavy (non-hydrogen) atoms. The number of hydrogen-bond donors (Lipinski definition) is 2. The average Bonchev–Trinajstić information content (AvgIpc) is 3.22. The lowest BCUT2D eigenvalue weighted by Gasteiger charge is -2.02. The summed E-state index contributed by atoms with van der Waals surface area (Å²) < 4.78 is 0. The molecule has 1 saturated carbocycles. The van der Waals surface area contributed by atoms with E-state index in [0.29, 0.717) is 33.9 Å². The van der Waals surface area contributed by atoms with Crippen LogP contribution in [0.15, 0.2) is 29.6 Å². The van der Waals surface area contributed by atoms with Crippen LogP contribution in [0, 0.1) is 5.92 Å². The second-order valence-corrected chi connectivity index (χ2v) is 6.45. The standard InChI is InChI=1S/C15H14ClN3O2S/c16-11-3-1-2-10(6-11)13(20)19-15-18-12(8-22-15)14(21)17-7-9-4-5-9/h1-3,6,8-9H,4-5,7H2,(H,17,21)(H,18,19,20). The van der Waals surface area contributed by atoms with Gasteiger partial charge in [-0.1, -0.05) is 17.7 Å². The fraction of sp³-hybridized carbons (Fsp3) is 0.267. The van der Waals surface area contributed by atoms with E-state index in [-0.39, 0.29) is 11.8 Å². The number of nitrogens with one attached hydrogen (secondary N) is 2. The maximum atomic E-state index is 12.1. The fourth-order valence-electron chi connectivity index (χ4n) is 1.88. The van der Waals surface area contributed by atoms with Crippen molar-refractivity contribution in [3.8, 4) is 0 Å². The Kier molecular flexibility index (Phi) is 4.40. The molecule has 2 amide bonds. The molecule has 0 bridgehead atoms. The number of rotatable bonds is 5. The minimum absolute atomic E-state index is 0.202. The van der Waals surface area contributed by atoms with E-state index < -0.39 is 0 Å². The van der Waals surface area contributed by atoms with Crippen molar-refractivity contribution >= 4 is 39.9 Å². The molecule has 0 aliphatic heterocycles. The first-order valence-electron chi connectivity index (χ1n) is 6.92. The predicted molar refractivity (Wildman–Crippen MR) is 86.6 cm³/mol. The van der Waals surface area contributed by atoms with Crippen LogP contribution in [0.4, 0.5) is 5.13 Å². The fourth-order valence-corrected chi connectivity index (χ4v) is 2.76. The van der Waals surface area contributed by atoms with Crippen LogP contribution < -0.4 is 10.6 Å². The van der Waals surface area contributed by atoms with E-state index in [0.717, 1.165) is 0 Å². The Morgan fingerprint density at radius 1 is 1.32 bits per heavy atom. The van der Waals surface area contributed by atoms with Crippen molar-refractivity contribution in [1.29, 1.82) is 0 Å². The van der Waals surface area contributed by atoms with Crippen LogP contribution in [0.2, 0.25) is 5.02 Å². The second kappa shape index (κ2) is 6.46. The van der Waals surface area contributed by atoms with Gasteiger partial charge in [0.25, 0.3) is 11.8 Å². The van der Waals surface area contributed by atoms with Gasteiger partial charge in [0.1, 0.15) is 5.69 Å². The highest BCUT2D eigenvalue weighted by molar-refractivity contribution is 7.14. The van der Waals surface area contributed by atoms with Gasteiger partial charge in [-0.05, 0) is 37.0 Å². The first-order chi connectivity index (χ1) is 10.6. The molecule has 0 unspecified atom stereocenters. The summed E-state index contributed by atoms with van der Waals surface area (Å²) in [4.78, 5) is 28.1. The van der Waals surface area contributed by atoms with Crippen LogP contribution in [0.3, 0.4) is 0 Å². The molecule has 114 valence electrons. The number of hydrogen-bond acceptors (Lipinski definition) is 4. The molecule has 0 atom stereocenters. The summed E-state index contributed by atoms with van der Waals surface area (Å²) in [5, 5.41) is 8.03. The zero-order valence-electron chi connectivity index (χ0n) is 11.6. The van der Waals surface area contributed by atoms with E-state index in [1.165, 1.54) is 24.2 Å². The first-order valence-corrected chi connectivity index (χ1v) is 8.18. The summed E-state index contributed by atoms with van der Waals surface area (Å²) in [5.74, 6) is 0.109. The van der Waals surface area contributed by atoms with Crippen LogP contribution in [0.1, 0.15) is 33.7 Å². The number of nitrogens with zero attached hydrogens (tertiary/aromatic N) is 1. The zero-order valence-corrected chi connectivity index (χ0v) is 13.2. The molecular formula is C15H14ClN3O2S. The van der Waals surface area contributed by atoms with Gasteiger partial charge in [-0.3, -0.25) is 14.9 Å². The van der Waals surface area contributed by atoms with Gasteiger partial charge in [-0.15, -0.1) is 11.3 Å². The van der Waals surface area contributed by atoms with Crippen LogP contribution in [0.5, 0.6) is 0 Å². The average molecular weight is 336 g/mol. The molecule has 1 aliphatic carbocycles. The Morgan fingerprint density at radius 2 is 2.14 bits per heavy atom. The summed E-state index contributed by atoms with van der Waals surface area (Å²) in [6.07, 6.45) is 2.36. The Hall–Kier alpha value is -1.92. The molecule has 0 spiro atoms. The van der Waals surface area contributed by atoms with Crippen molar-refractivity contribution in [3.63, 3.8) is 0 Å². The summed E-state index contributed by atoms with van der Waals surface area (Å²) in [6.45, 7) is 0.695. The maximum absolute atomic E-state index is 12.1. The minimum Gasteiger partial charge on any atom is -0.350 e. The Labute approximate surface area is 136 Å². The molecule has 5 nitrogen and oxygen atoms in total. The van der Waals surface area contributed by atoms with E-state index in [2.05, 4.69) is 15.6 Å². The quantitative estimate of drug-likeness (QED) is 0.881. The highest BCUT2D eigenvalue weighted by atomic mass is 35.5. The van der Waals surface area contributed by atoms with E-state index in [4.69, 9.17) is 11.6 Å². The lowest BCUT2D eigenvalue weighted by Crippen LogP contribution is -2.25. The van der Waals surface area contributed by atoms with Gasteiger partial charge in [0.05, 0.1) is 0 Å².